The largest absolute Gasteiger partial charge is 0.480 e. The van der Waals surface area contributed by atoms with Crippen LogP contribution in [0.3, 0.4) is 0 Å². The van der Waals surface area contributed by atoms with Gasteiger partial charge >= 0.3 is 5.97 Å². The van der Waals surface area contributed by atoms with Crippen LogP contribution in [0.1, 0.15) is 0 Å². The monoisotopic (exact) mass is 230 g/mol. The van der Waals surface area contributed by atoms with Crippen LogP contribution < -0.4 is 9.26 Å². The Balaban J connectivity index is 3.52. The minimum atomic E-state index is -0.915. The van der Waals surface area contributed by atoms with Crippen LogP contribution in [0.5, 0.6) is 0 Å². The predicted octanol–water partition coefficient (Wildman–Crippen LogP) is -0.662. The first-order chi connectivity index (χ1) is 3.72. The first-order valence-corrected chi connectivity index (χ1v) is 3.09. The molecule has 8 heavy (non-hydrogen) atoms. The predicted molar refractivity (Wildman–Crippen MR) is 37.6 cm³/mol. The van der Waals surface area contributed by atoms with E-state index in [1.165, 1.54) is 0 Å². The van der Waals surface area contributed by atoms with Crippen molar-refractivity contribution in [1.82, 2.24) is 3.53 Å². The zero-order valence-corrected chi connectivity index (χ0v) is 6.25. The summed E-state index contributed by atoms with van der Waals surface area (Å²) in [4.78, 5) is 10.0. The summed E-state index contributed by atoms with van der Waals surface area (Å²) in [7, 11) is 0. The second kappa shape index (κ2) is 4.04. The Morgan fingerprint density at radius 3 is 2.50 bits per heavy atom. The Bertz CT molecular complexity index is 83.4. The fourth-order valence-corrected chi connectivity index (χ4v) is 0.713. The molecular formula is C3H7IN2O2. The second-order valence-corrected chi connectivity index (χ2v) is 1.86. The average Bonchev–Trinajstić information content (AvgIpc) is 1.69. The van der Waals surface area contributed by atoms with E-state index >= 15 is 0 Å². The normalized spacial score (nSPS) is 13.2. The lowest BCUT2D eigenvalue weighted by molar-refractivity contribution is -0.138. The van der Waals surface area contributed by atoms with Crippen LogP contribution in [0.25, 0.3) is 0 Å². The average molecular weight is 230 g/mol. The molecule has 0 spiro atoms. The van der Waals surface area contributed by atoms with Crippen molar-refractivity contribution in [2.24, 2.45) is 5.73 Å². The third-order valence-corrected chi connectivity index (χ3v) is 1.42. The van der Waals surface area contributed by atoms with Gasteiger partial charge in [0.2, 0.25) is 0 Å². The van der Waals surface area contributed by atoms with Crippen LogP contribution in [0.15, 0.2) is 0 Å². The van der Waals surface area contributed by atoms with Gasteiger partial charge in [0.1, 0.15) is 6.04 Å². The van der Waals surface area contributed by atoms with Gasteiger partial charge in [0.15, 0.2) is 0 Å². The van der Waals surface area contributed by atoms with Gasteiger partial charge in [-0.1, -0.05) is 0 Å². The molecule has 0 aromatic carbocycles. The minimum Gasteiger partial charge on any atom is -0.480 e. The van der Waals surface area contributed by atoms with Gasteiger partial charge in [0.05, 0.1) is 0 Å². The van der Waals surface area contributed by atoms with Crippen molar-refractivity contribution in [1.29, 1.82) is 0 Å². The summed E-state index contributed by atoms with van der Waals surface area (Å²) in [5.74, 6) is -0.915. The lowest BCUT2D eigenvalue weighted by Gasteiger charge is -2.03. The number of halogens is 1. The number of hydrogen-bond acceptors (Lipinski definition) is 3. The molecule has 0 aromatic heterocycles. The second-order valence-electron chi connectivity index (χ2n) is 1.24. The molecule has 0 rings (SSSR count). The van der Waals surface area contributed by atoms with Gasteiger partial charge in [0.25, 0.3) is 0 Å². The minimum absolute atomic E-state index is 0.123. The number of carboxylic acid groups (broad SMARTS) is 1. The highest BCUT2D eigenvalue weighted by Crippen LogP contribution is 1.82. The highest BCUT2D eigenvalue weighted by atomic mass is 127. The van der Waals surface area contributed by atoms with E-state index in [1.54, 1.807) is 22.9 Å². The fourth-order valence-electron chi connectivity index (χ4n) is 0.192. The molecule has 0 radical (unpaired) electrons. The number of nitrogens with two attached hydrogens (primary N) is 1. The smallest absolute Gasteiger partial charge is 0.322 e. The fraction of sp³-hybridized carbons (Fsp3) is 0.667. The molecule has 0 saturated heterocycles. The molecule has 48 valence electrons. The van der Waals surface area contributed by atoms with E-state index < -0.39 is 12.0 Å². The van der Waals surface area contributed by atoms with Crippen LogP contribution in [0.4, 0.5) is 0 Å². The van der Waals surface area contributed by atoms with E-state index in [9.17, 15) is 4.79 Å². The van der Waals surface area contributed by atoms with Crippen LogP contribution in [-0.2, 0) is 4.79 Å². The maximum Gasteiger partial charge on any atom is 0.322 e. The standard InChI is InChI=1S/C3H7IN2O2/c4-6-2(1-5)3(7)8/h2,6H,1,5H2,(H,7,8). The summed E-state index contributed by atoms with van der Waals surface area (Å²) in [5.41, 5.74) is 5.04. The molecule has 0 amide bonds. The quantitative estimate of drug-likeness (QED) is 0.444. The molecule has 4 nitrogen and oxygen atoms in total. The van der Waals surface area contributed by atoms with Crippen molar-refractivity contribution >= 4 is 28.8 Å². The van der Waals surface area contributed by atoms with E-state index in [4.69, 9.17) is 10.8 Å². The maximum absolute atomic E-state index is 10.0. The van der Waals surface area contributed by atoms with Crippen LogP contribution in [0, 0.1) is 0 Å². The molecular weight excluding hydrogens is 223 g/mol. The summed E-state index contributed by atoms with van der Waals surface area (Å²) in [6, 6.07) is -0.615. The van der Waals surface area contributed by atoms with Crippen molar-refractivity contribution < 1.29 is 9.90 Å². The van der Waals surface area contributed by atoms with Crippen molar-refractivity contribution in [3.05, 3.63) is 0 Å². The first kappa shape index (κ1) is 8.12. The maximum atomic E-state index is 10.0. The Morgan fingerprint density at radius 2 is 2.50 bits per heavy atom. The van der Waals surface area contributed by atoms with Gasteiger partial charge in [-0.2, -0.15) is 0 Å². The Hall–Kier alpha value is 0.120. The third kappa shape index (κ3) is 2.43. The first-order valence-electron chi connectivity index (χ1n) is 2.01. The zero-order valence-electron chi connectivity index (χ0n) is 4.10. The molecule has 0 aliphatic heterocycles. The van der Waals surface area contributed by atoms with Gasteiger partial charge in [-0.25, -0.2) is 3.53 Å². The third-order valence-electron chi connectivity index (χ3n) is 0.666. The van der Waals surface area contributed by atoms with Crippen molar-refractivity contribution in [2.75, 3.05) is 6.54 Å². The molecule has 1 unspecified atom stereocenters. The molecule has 4 N–H and O–H groups in total. The molecule has 0 aromatic rings. The number of aliphatic carboxylic acids is 1. The molecule has 5 heteroatoms. The Kier molecular flexibility index (Phi) is 4.11. The van der Waals surface area contributed by atoms with Crippen molar-refractivity contribution in [2.45, 2.75) is 6.04 Å². The zero-order chi connectivity index (χ0) is 6.57. The number of carboxylic acids is 1. The highest BCUT2D eigenvalue weighted by molar-refractivity contribution is 14.1. The van der Waals surface area contributed by atoms with Crippen LogP contribution in [0.2, 0.25) is 0 Å². The molecule has 0 fully saturated rings. The molecule has 0 aliphatic rings. The van der Waals surface area contributed by atoms with Crippen molar-refractivity contribution in [3.63, 3.8) is 0 Å². The van der Waals surface area contributed by atoms with Gasteiger partial charge in [-0.05, 0) is 0 Å². The Labute approximate surface area is 60.9 Å². The lowest BCUT2D eigenvalue weighted by Crippen LogP contribution is -2.37. The van der Waals surface area contributed by atoms with Gasteiger partial charge in [-0.3, -0.25) is 4.79 Å². The number of carbonyl (C=O) groups is 1. The van der Waals surface area contributed by atoms with Crippen LogP contribution in [-0.4, -0.2) is 23.7 Å². The molecule has 0 heterocycles. The van der Waals surface area contributed by atoms with Crippen LogP contribution >= 0.6 is 22.9 Å². The topological polar surface area (TPSA) is 75.3 Å². The molecule has 1 atom stereocenters. The molecule has 0 bridgehead atoms. The summed E-state index contributed by atoms with van der Waals surface area (Å²) in [5, 5.41) is 8.23. The molecule has 0 aliphatic carbocycles. The summed E-state index contributed by atoms with van der Waals surface area (Å²) in [6.45, 7) is 0.123. The summed E-state index contributed by atoms with van der Waals surface area (Å²) < 4.78 is 2.50. The van der Waals surface area contributed by atoms with E-state index in [2.05, 4.69) is 3.53 Å². The van der Waals surface area contributed by atoms with Gasteiger partial charge in [0, 0.05) is 29.4 Å². The van der Waals surface area contributed by atoms with E-state index in [-0.39, 0.29) is 6.54 Å². The van der Waals surface area contributed by atoms with E-state index in [1.807, 2.05) is 0 Å². The highest BCUT2D eigenvalue weighted by Gasteiger charge is 2.11. The van der Waals surface area contributed by atoms with Gasteiger partial charge in [-0.15, -0.1) is 0 Å². The number of hydrogen-bond donors (Lipinski definition) is 3. The lowest BCUT2D eigenvalue weighted by atomic mass is 10.3. The van der Waals surface area contributed by atoms with Gasteiger partial charge < -0.3 is 10.8 Å². The van der Waals surface area contributed by atoms with E-state index in [0.29, 0.717) is 0 Å². The summed E-state index contributed by atoms with van der Waals surface area (Å²) >= 11 is 1.75. The van der Waals surface area contributed by atoms with E-state index in [0.717, 1.165) is 0 Å². The molecule has 0 saturated carbocycles. The number of rotatable bonds is 3. The number of nitrogens with one attached hydrogen (secondary N) is 1. The summed E-state index contributed by atoms with van der Waals surface area (Å²) in [6.07, 6.45) is 0. The Morgan fingerprint density at radius 1 is 2.00 bits per heavy atom. The van der Waals surface area contributed by atoms with Crippen molar-refractivity contribution in [3.8, 4) is 0 Å². The SMILES string of the molecule is NCC(NI)C(=O)O.